The van der Waals surface area contributed by atoms with Crippen LogP contribution < -0.4 is 10.1 Å². The summed E-state index contributed by atoms with van der Waals surface area (Å²) in [6, 6.07) is 11.9. The lowest BCUT2D eigenvalue weighted by molar-refractivity contribution is -0.127. The van der Waals surface area contributed by atoms with Crippen LogP contribution in [0.3, 0.4) is 0 Å². The molecule has 1 aliphatic heterocycles. The highest BCUT2D eigenvalue weighted by Crippen LogP contribution is 2.34. The Labute approximate surface area is 172 Å². The van der Waals surface area contributed by atoms with Crippen molar-refractivity contribution < 1.29 is 24.2 Å². The number of imide groups is 1. The highest BCUT2D eigenvalue weighted by Gasteiger charge is 2.36. The molecule has 0 aromatic heterocycles. The Hall–Kier alpha value is -3.26. The molecule has 2 aromatic rings. The van der Waals surface area contributed by atoms with Crippen molar-refractivity contribution in [2.24, 2.45) is 0 Å². The Morgan fingerprint density at radius 2 is 1.93 bits per heavy atom. The van der Waals surface area contributed by atoms with Crippen LogP contribution in [0.2, 0.25) is 0 Å². The van der Waals surface area contributed by atoms with Crippen molar-refractivity contribution in [2.75, 3.05) is 18.5 Å². The smallest absolute Gasteiger partial charge is 0.294 e. The van der Waals surface area contributed by atoms with Crippen molar-refractivity contribution >= 4 is 40.6 Å². The number of nitrogens with one attached hydrogen (secondary N) is 1. The number of hydrogen-bond acceptors (Lipinski definition) is 6. The molecular weight excluding hydrogens is 392 g/mol. The van der Waals surface area contributed by atoms with Crippen LogP contribution in [-0.2, 0) is 9.59 Å². The van der Waals surface area contributed by atoms with Crippen LogP contribution in [0, 0.1) is 6.92 Å². The first kappa shape index (κ1) is 20.5. The zero-order valence-corrected chi connectivity index (χ0v) is 16.8. The standard InChI is InChI=1S/C21H20N2O5S/c1-3-28-17-10-14(6-9-16(17)24)11-18-20(26)23(21(27)29-18)12-19(25)22-15-7-4-13(2)5-8-15/h4-11,24H,3,12H2,1-2H3,(H,22,25)/b18-11+. The van der Waals surface area contributed by atoms with Crippen molar-refractivity contribution in [3.63, 3.8) is 0 Å². The van der Waals surface area contributed by atoms with Gasteiger partial charge in [-0.1, -0.05) is 23.8 Å². The van der Waals surface area contributed by atoms with Crippen LogP contribution in [0.1, 0.15) is 18.1 Å². The summed E-state index contributed by atoms with van der Waals surface area (Å²) in [7, 11) is 0. The highest BCUT2D eigenvalue weighted by atomic mass is 32.2. The summed E-state index contributed by atoms with van der Waals surface area (Å²) in [4.78, 5) is 38.1. The molecule has 0 atom stereocenters. The molecule has 8 heteroatoms. The first-order valence-corrected chi connectivity index (χ1v) is 9.76. The first-order chi connectivity index (χ1) is 13.9. The minimum atomic E-state index is -0.537. The summed E-state index contributed by atoms with van der Waals surface area (Å²) in [6.07, 6.45) is 1.53. The third-order valence-electron chi connectivity index (χ3n) is 4.09. The van der Waals surface area contributed by atoms with Gasteiger partial charge in [0.1, 0.15) is 6.54 Å². The number of benzene rings is 2. The Morgan fingerprint density at radius 3 is 2.62 bits per heavy atom. The molecule has 2 N–H and O–H groups in total. The second-order valence-electron chi connectivity index (χ2n) is 6.34. The second-order valence-corrected chi connectivity index (χ2v) is 7.34. The van der Waals surface area contributed by atoms with E-state index in [1.807, 2.05) is 19.1 Å². The molecule has 1 aliphatic rings. The number of amides is 3. The Balaban J connectivity index is 1.70. The van der Waals surface area contributed by atoms with E-state index in [0.717, 1.165) is 22.2 Å². The fraction of sp³-hybridized carbons (Fsp3) is 0.190. The third kappa shape index (κ3) is 4.97. The van der Waals surface area contributed by atoms with Gasteiger partial charge in [0.05, 0.1) is 11.5 Å². The third-order valence-corrected chi connectivity index (χ3v) is 5.00. The molecule has 0 bridgehead atoms. The van der Waals surface area contributed by atoms with E-state index in [-0.39, 0.29) is 22.9 Å². The molecule has 7 nitrogen and oxygen atoms in total. The quantitative estimate of drug-likeness (QED) is 0.701. The Bertz CT molecular complexity index is 985. The average Bonchev–Trinajstić information content (AvgIpc) is 2.94. The molecule has 29 heavy (non-hydrogen) atoms. The predicted molar refractivity (Wildman–Crippen MR) is 112 cm³/mol. The molecule has 3 rings (SSSR count). The molecule has 0 aliphatic carbocycles. The number of aromatic hydroxyl groups is 1. The van der Waals surface area contributed by atoms with Gasteiger partial charge in [-0.2, -0.15) is 0 Å². The van der Waals surface area contributed by atoms with E-state index in [2.05, 4.69) is 5.32 Å². The van der Waals surface area contributed by atoms with Crippen molar-refractivity contribution in [2.45, 2.75) is 13.8 Å². The molecular formula is C21H20N2O5S. The van der Waals surface area contributed by atoms with Crippen molar-refractivity contribution in [1.29, 1.82) is 0 Å². The number of nitrogens with zero attached hydrogens (tertiary/aromatic N) is 1. The van der Waals surface area contributed by atoms with Crippen LogP contribution in [0.5, 0.6) is 11.5 Å². The molecule has 0 spiro atoms. The summed E-state index contributed by atoms with van der Waals surface area (Å²) in [5, 5.41) is 11.9. The van der Waals surface area contributed by atoms with Gasteiger partial charge in [0, 0.05) is 5.69 Å². The van der Waals surface area contributed by atoms with Gasteiger partial charge >= 0.3 is 0 Å². The van der Waals surface area contributed by atoms with E-state index in [9.17, 15) is 19.5 Å². The normalized spacial score (nSPS) is 15.1. The Morgan fingerprint density at radius 1 is 1.21 bits per heavy atom. The van der Waals surface area contributed by atoms with Crippen LogP contribution in [0.4, 0.5) is 10.5 Å². The second kappa shape index (κ2) is 8.83. The number of anilines is 1. The van der Waals surface area contributed by atoms with Crippen molar-refractivity contribution in [1.82, 2.24) is 4.90 Å². The topological polar surface area (TPSA) is 95.9 Å². The Kier molecular flexibility index (Phi) is 6.23. The van der Waals surface area contributed by atoms with Crippen LogP contribution in [-0.4, -0.2) is 40.2 Å². The van der Waals surface area contributed by atoms with Crippen LogP contribution >= 0.6 is 11.8 Å². The lowest BCUT2D eigenvalue weighted by atomic mass is 10.2. The maximum absolute atomic E-state index is 12.6. The number of phenols is 1. The summed E-state index contributed by atoms with van der Waals surface area (Å²) in [5.41, 5.74) is 2.25. The van der Waals surface area contributed by atoms with Gasteiger partial charge in [0.25, 0.3) is 11.1 Å². The zero-order valence-electron chi connectivity index (χ0n) is 16.0. The van der Waals surface area contributed by atoms with E-state index < -0.39 is 17.1 Å². The molecule has 1 fully saturated rings. The fourth-order valence-electron chi connectivity index (χ4n) is 2.66. The number of phenolic OH excluding ortho intramolecular Hbond substituents is 1. The number of thioether (sulfide) groups is 1. The summed E-state index contributed by atoms with van der Waals surface area (Å²) in [5.74, 6) is -0.714. The number of hydrogen-bond donors (Lipinski definition) is 2. The lowest BCUT2D eigenvalue weighted by Crippen LogP contribution is -2.36. The molecule has 3 amide bonds. The minimum absolute atomic E-state index is 0.00937. The van der Waals surface area contributed by atoms with E-state index in [0.29, 0.717) is 17.9 Å². The monoisotopic (exact) mass is 412 g/mol. The zero-order chi connectivity index (χ0) is 21.0. The van der Waals surface area contributed by atoms with Gasteiger partial charge < -0.3 is 15.2 Å². The van der Waals surface area contributed by atoms with Gasteiger partial charge in [-0.15, -0.1) is 0 Å². The average molecular weight is 412 g/mol. The summed E-state index contributed by atoms with van der Waals surface area (Å²) >= 11 is 0.766. The summed E-state index contributed by atoms with van der Waals surface area (Å²) < 4.78 is 5.33. The van der Waals surface area contributed by atoms with E-state index >= 15 is 0 Å². The minimum Gasteiger partial charge on any atom is -0.504 e. The van der Waals surface area contributed by atoms with Gasteiger partial charge in [-0.05, 0) is 61.5 Å². The number of aryl methyl sites for hydroxylation is 1. The molecule has 2 aromatic carbocycles. The fourth-order valence-corrected chi connectivity index (χ4v) is 3.50. The SMILES string of the molecule is CCOc1cc(/C=C2/SC(=O)N(CC(=O)Nc3ccc(C)cc3)C2=O)ccc1O. The van der Waals surface area contributed by atoms with E-state index in [4.69, 9.17) is 4.74 Å². The maximum atomic E-state index is 12.6. The molecule has 0 unspecified atom stereocenters. The van der Waals surface area contributed by atoms with Crippen molar-refractivity contribution in [3.05, 3.63) is 58.5 Å². The number of ether oxygens (including phenoxy) is 1. The van der Waals surface area contributed by atoms with Gasteiger partial charge in [-0.25, -0.2) is 0 Å². The molecule has 0 radical (unpaired) electrons. The lowest BCUT2D eigenvalue weighted by Gasteiger charge is -2.12. The molecule has 150 valence electrons. The predicted octanol–water partition coefficient (Wildman–Crippen LogP) is 3.77. The summed E-state index contributed by atoms with van der Waals surface area (Å²) in [6.45, 7) is 3.74. The maximum Gasteiger partial charge on any atom is 0.294 e. The molecule has 1 saturated heterocycles. The van der Waals surface area contributed by atoms with Gasteiger partial charge in [0.15, 0.2) is 11.5 Å². The number of carbonyl (C=O) groups is 3. The van der Waals surface area contributed by atoms with Gasteiger partial charge in [0.2, 0.25) is 5.91 Å². The van der Waals surface area contributed by atoms with E-state index in [1.54, 1.807) is 31.2 Å². The van der Waals surface area contributed by atoms with Gasteiger partial charge in [-0.3, -0.25) is 19.3 Å². The van der Waals surface area contributed by atoms with Crippen LogP contribution in [0.25, 0.3) is 6.08 Å². The first-order valence-electron chi connectivity index (χ1n) is 8.95. The molecule has 1 heterocycles. The number of rotatable bonds is 6. The highest BCUT2D eigenvalue weighted by molar-refractivity contribution is 8.18. The largest absolute Gasteiger partial charge is 0.504 e. The molecule has 0 saturated carbocycles. The van der Waals surface area contributed by atoms with Crippen LogP contribution in [0.15, 0.2) is 47.4 Å². The van der Waals surface area contributed by atoms with Crippen molar-refractivity contribution in [3.8, 4) is 11.5 Å². The number of carbonyl (C=O) groups excluding carboxylic acids is 3. The van der Waals surface area contributed by atoms with E-state index in [1.165, 1.54) is 12.1 Å².